The van der Waals surface area contributed by atoms with Crippen LogP contribution in [0.4, 0.5) is 27.5 Å². The molecule has 0 spiro atoms. The number of nitriles is 1. The van der Waals surface area contributed by atoms with E-state index in [9.17, 15) is 57.1 Å². The van der Waals surface area contributed by atoms with Gasteiger partial charge in [-0.05, 0) is 127 Å². The molecule has 2 aromatic heterocycles. The molecule has 0 aromatic carbocycles. The van der Waals surface area contributed by atoms with Crippen LogP contribution in [0, 0.1) is 41.9 Å². The van der Waals surface area contributed by atoms with E-state index in [4.69, 9.17) is 9.97 Å². The van der Waals surface area contributed by atoms with E-state index in [-0.39, 0.29) is 91.0 Å². The molecule has 6 aliphatic rings. The zero-order chi connectivity index (χ0) is 48.8. The molecule has 2 heterocycles. The first kappa shape index (κ1) is 51.1. The third kappa shape index (κ3) is 11.7. The van der Waals surface area contributed by atoms with Crippen molar-refractivity contribution in [3.8, 4) is 6.07 Å². The Balaban J connectivity index is 1.13. The van der Waals surface area contributed by atoms with Crippen LogP contribution in [0.1, 0.15) is 151 Å². The lowest BCUT2D eigenvalue weighted by Crippen LogP contribution is -2.50. The molecule has 6 aliphatic carbocycles. The van der Waals surface area contributed by atoms with Gasteiger partial charge in [0, 0.05) is 23.6 Å². The first-order valence-electron chi connectivity index (χ1n) is 23.7. The molecular formula is C42H61N9O12S5. The van der Waals surface area contributed by atoms with Gasteiger partial charge in [-0.1, -0.05) is 43.4 Å². The highest BCUT2D eigenvalue weighted by Gasteiger charge is 2.51. The summed E-state index contributed by atoms with van der Waals surface area (Å²) in [6.45, 7) is 1.69. The number of nitrogens with zero attached hydrogens (tertiary/aromatic N) is 7. The highest BCUT2D eigenvalue weighted by molar-refractivity contribution is 7.87. The quantitative estimate of drug-likeness (QED) is 0.0807. The minimum absolute atomic E-state index is 0.00801. The van der Waals surface area contributed by atoms with Crippen molar-refractivity contribution in [3.05, 3.63) is 16.8 Å². The maximum atomic E-state index is 12.7. The largest absolute Gasteiger partial charge is 0.366 e. The van der Waals surface area contributed by atoms with Crippen molar-refractivity contribution in [3.63, 3.8) is 0 Å². The van der Waals surface area contributed by atoms with Gasteiger partial charge in [-0.15, -0.1) is 15.3 Å². The Hall–Kier alpha value is -3.29. The molecule has 0 aliphatic heterocycles. The lowest BCUT2D eigenvalue weighted by atomic mass is 9.67. The van der Waals surface area contributed by atoms with Crippen LogP contribution < -0.4 is 10.6 Å². The van der Waals surface area contributed by atoms with Gasteiger partial charge < -0.3 is 10.6 Å². The van der Waals surface area contributed by atoms with Crippen LogP contribution in [-0.4, -0.2) is 101 Å². The van der Waals surface area contributed by atoms with Crippen LogP contribution in [-0.2, 0) is 40.5 Å². The summed E-state index contributed by atoms with van der Waals surface area (Å²) in [7, 11) is -17.6. The lowest BCUT2D eigenvalue weighted by molar-refractivity contribution is 0.153. The predicted octanol–water partition coefficient (Wildman–Crippen LogP) is 8.60. The number of rotatable bonds is 13. The summed E-state index contributed by atoms with van der Waals surface area (Å²) in [5.41, 5.74) is 1.46. The average molecular weight is 1040 g/mol. The maximum Gasteiger partial charge on any atom is 0.268 e. The van der Waals surface area contributed by atoms with E-state index in [1.165, 1.54) is 12.8 Å². The monoisotopic (exact) mass is 1040 g/mol. The molecule has 0 saturated heterocycles. The van der Waals surface area contributed by atoms with Gasteiger partial charge in [0.15, 0.2) is 10.8 Å². The molecule has 6 fully saturated rings. The summed E-state index contributed by atoms with van der Waals surface area (Å²) in [6.07, 6.45) is 10.8. The number of azo groups is 2. The fourth-order valence-electron chi connectivity index (χ4n) is 12.3. The molecule has 8 rings (SSSR count). The molecular weight excluding hydrogens is 983 g/mol. The van der Waals surface area contributed by atoms with Crippen molar-refractivity contribution >= 4 is 79.3 Å². The minimum atomic E-state index is -4.61. The molecule has 376 valence electrons. The van der Waals surface area contributed by atoms with Crippen LogP contribution in [0.3, 0.4) is 0 Å². The molecule has 0 radical (unpaired) electrons. The van der Waals surface area contributed by atoms with Crippen molar-refractivity contribution in [1.29, 1.82) is 5.26 Å². The Morgan fingerprint density at radius 3 is 1.79 bits per heavy atom. The Morgan fingerprint density at radius 2 is 1.21 bits per heavy atom. The summed E-state index contributed by atoms with van der Waals surface area (Å²) >= 11 is 1.12. The third-order valence-electron chi connectivity index (χ3n) is 15.8. The van der Waals surface area contributed by atoms with E-state index < -0.39 is 79.3 Å². The van der Waals surface area contributed by atoms with E-state index >= 15 is 0 Å². The Bertz CT molecular complexity index is 2750. The summed E-state index contributed by atoms with van der Waals surface area (Å²) in [4.78, 5) is 9.81. The second kappa shape index (κ2) is 20.4. The van der Waals surface area contributed by atoms with Gasteiger partial charge in [0.25, 0.3) is 40.5 Å². The highest BCUT2D eigenvalue weighted by Crippen LogP contribution is 2.51. The fraction of sp³-hybridized carbons (Fsp3) is 0.786. The molecule has 21 nitrogen and oxygen atoms in total. The van der Waals surface area contributed by atoms with Gasteiger partial charge in [-0.3, -0.25) is 18.2 Å². The Kier molecular flexibility index (Phi) is 15.4. The van der Waals surface area contributed by atoms with Crippen LogP contribution in [0.15, 0.2) is 20.5 Å². The molecule has 68 heavy (non-hydrogen) atoms. The van der Waals surface area contributed by atoms with Crippen LogP contribution in [0.25, 0.3) is 0 Å². The predicted molar refractivity (Wildman–Crippen MR) is 253 cm³/mol. The second-order valence-electron chi connectivity index (χ2n) is 19.9. The Labute approximate surface area is 402 Å². The molecule has 2 aromatic rings. The van der Waals surface area contributed by atoms with E-state index in [0.29, 0.717) is 66.6 Å². The standard InChI is InChI=1S/C42H61N9O12S5/c1-23-34(22-43)39(44-27-11-15-30(16-12-27)65(52,53)54)47-40(45-28-13-17-31(18-14-28)66(55,56)57)37(23)49-51-42-46-38(26-10-9-24-5-2-3-6-25(24)19-26)41(64-42)50-48-29-20-33-32(36(21-29)68(61,62)63)7-4-8-35(33)67(58,59)60/h24-33,35-36H,2-21H2,1H3,(H2,44,45,47)(H,52,53,54)(H,55,56,57)(H,58,59,60)(H,61,62,63). The van der Waals surface area contributed by atoms with Crippen molar-refractivity contribution < 1.29 is 51.9 Å². The number of thiazole rings is 1. The second-order valence-corrected chi connectivity index (χ2v) is 27.6. The van der Waals surface area contributed by atoms with E-state index in [2.05, 4.69) is 37.2 Å². The van der Waals surface area contributed by atoms with Gasteiger partial charge in [-0.25, -0.2) is 9.97 Å². The van der Waals surface area contributed by atoms with Crippen molar-refractivity contribution in [2.45, 2.75) is 180 Å². The van der Waals surface area contributed by atoms with Crippen molar-refractivity contribution in [1.82, 2.24) is 9.97 Å². The summed E-state index contributed by atoms with van der Waals surface area (Å²) in [5.74, 6) is 0.199. The van der Waals surface area contributed by atoms with Crippen LogP contribution >= 0.6 is 11.3 Å². The van der Waals surface area contributed by atoms with E-state index in [0.717, 1.165) is 43.4 Å². The molecule has 6 N–H and O–H groups in total. The van der Waals surface area contributed by atoms with E-state index in [1.54, 1.807) is 6.92 Å². The Morgan fingerprint density at radius 1 is 0.603 bits per heavy atom. The highest BCUT2D eigenvalue weighted by atomic mass is 32.2. The number of hydrogen-bond acceptors (Lipinski definition) is 18. The smallest absolute Gasteiger partial charge is 0.268 e. The van der Waals surface area contributed by atoms with Gasteiger partial charge in [-0.2, -0.15) is 44.0 Å². The number of hydrogen-bond donors (Lipinski definition) is 6. The zero-order valence-corrected chi connectivity index (χ0v) is 41.9. The first-order valence-corrected chi connectivity index (χ1v) is 30.6. The van der Waals surface area contributed by atoms with Crippen molar-refractivity contribution in [2.75, 3.05) is 10.6 Å². The number of anilines is 2. The van der Waals surface area contributed by atoms with E-state index in [1.807, 2.05) is 0 Å². The molecule has 8 atom stereocenters. The molecule has 8 unspecified atom stereocenters. The number of nitrogens with one attached hydrogen (secondary N) is 2. The van der Waals surface area contributed by atoms with Gasteiger partial charge in [0.1, 0.15) is 17.6 Å². The number of aromatic nitrogens is 2. The SMILES string of the molecule is Cc1c(C#N)c(NC2CCC(S(=O)(=O)O)CC2)nc(NC2CCC(S(=O)(=O)O)CC2)c1N=Nc1nc(C2CCC3CCCCC3C2)c(N=NC2CC3C(CCCC3S(=O)(=O)O)C(S(=O)(=O)O)C2)s1. The third-order valence-corrected chi connectivity index (χ3v) is 22.0. The fourth-order valence-corrected chi connectivity index (χ4v) is 17.3. The number of fused-ring (bicyclic) bond motifs is 2. The maximum absolute atomic E-state index is 12.7. The summed E-state index contributed by atoms with van der Waals surface area (Å²) in [5, 5.41) is 32.1. The van der Waals surface area contributed by atoms with Crippen LogP contribution in [0.2, 0.25) is 0 Å². The molecule has 6 saturated carbocycles. The number of pyridine rings is 1. The van der Waals surface area contributed by atoms with Gasteiger partial charge in [0.2, 0.25) is 5.13 Å². The molecule has 0 bridgehead atoms. The summed E-state index contributed by atoms with van der Waals surface area (Å²) in [6, 6.07) is 0.884. The van der Waals surface area contributed by atoms with Gasteiger partial charge >= 0.3 is 0 Å². The normalized spacial score (nSPS) is 33.1. The molecule has 26 heteroatoms. The van der Waals surface area contributed by atoms with Gasteiger partial charge in [0.05, 0.1) is 38.3 Å². The van der Waals surface area contributed by atoms with Crippen molar-refractivity contribution in [2.24, 2.45) is 44.1 Å². The van der Waals surface area contributed by atoms with Crippen LogP contribution in [0.5, 0.6) is 0 Å². The summed E-state index contributed by atoms with van der Waals surface area (Å²) < 4.78 is 138. The zero-order valence-electron chi connectivity index (χ0n) is 37.8. The topological polar surface area (TPSA) is 341 Å². The first-order chi connectivity index (χ1) is 32.1. The minimum Gasteiger partial charge on any atom is -0.366 e. The molecule has 0 amide bonds. The average Bonchev–Trinajstić information content (AvgIpc) is 3.69. The lowest BCUT2D eigenvalue weighted by Gasteiger charge is -2.44.